The normalized spacial score (nSPS) is 14.4. The molecule has 0 spiro atoms. The summed E-state index contributed by atoms with van der Waals surface area (Å²) in [5.74, 6) is -0.626. The number of aromatic nitrogens is 1. The van der Waals surface area contributed by atoms with Gasteiger partial charge >= 0.3 is 5.97 Å². The Morgan fingerprint density at radius 1 is 1.28 bits per heavy atom. The number of benzene rings is 1. The lowest BCUT2D eigenvalue weighted by Gasteiger charge is -2.31. The van der Waals surface area contributed by atoms with E-state index in [1.807, 2.05) is 19.9 Å². The summed E-state index contributed by atoms with van der Waals surface area (Å²) in [5, 5.41) is 5.52. The number of esters is 1. The molecule has 8 heteroatoms. The van der Waals surface area contributed by atoms with Crippen LogP contribution in [-0.2, 0) is 22.5 Å². The predicted molar refractivity (Wildman–Crippen MR) is 113 cm³/mol. The molecule has 0 atom stereocenters. The Morgan fingerprint density at radius 2 is 2.00 bits per heavy atom. The summed E-state index contributed by atoms with van der Waals surface area (Å²) in [7, 11) is 0. The van der Waals surface area contributed by atoms with E-state index < -0.39 is 5.97 Å². The third-order valence-electron chi connectivity index (χ3n) is 4.39. The number of pyridine rings is 1. The molecule has 1 aromatic heterocycles. The lowest BCUT2D eigenvalue weighted by atomic mass is 9.95. The summed E-state index contributed by atoms with van der Waals surface area (Å²) in [5.41, 5.74) is 2.00. The molecule has 0 aliphatic carbocycles. The monoisotopic (exact) mass is 413 g/mol. The van der Waals surface area contributed by atoms with Gasteiger partial charge < -0.3 is 14.8 Å². The minimum Gasteiger partial charge on any atom is -0.462 e. The van der Waals surface area contributed by atoms with Crippen molar-refractivity contribution in [1.29, 1.82) is 0 Å². The van der Waals surface area contributed by atoms with Crippen LogP contribution in [0.4, 0.5) is 5.82 Å². The number of rotatable bonds is 4. The first-order valence-corrected chi connectivity index (χ1v) is 9.71. The van der Waals surface area contributed by atoms with Gasteiger partial charge in [0.05, 0.1) is 24.5 Å². The number of hydrogen-bond donors (Lipinski definition) is 2. The van der Waals surface area contributed by atoms with Crippen LogP contribution in [0.25, 0.3) is 0 Å². The van der Waals surface area contributed by atoms with Gasteiger partial charge in [-0.3, -0.25) is 10.1 Å². The van der Waals surface area contributed by atoms with E-state index >= 15 is 0 Å². The van der Waals surface area contributed by atoms with Crippen LogP contribution in [-0.4, -0.2) is 34.2 Å². The standard InChI is InChI=1S/C21H23N3O4S/c1-4-27-19(26)15-10-14-12-28-21(2,3)11-16(14)22-17(15)23-20(29)24-18(25)13-8-6-5-7-9-13/h5-10H,4,11-12H2,1-3H3,(H2,22,23,24,25,29). The van der Waals surface area contributed by atoms with Crippen molar-refractivity contribution < 1.29 is 19.1 Å². The van der Waals surface area contributed by atoms with Gasteiger partial charge in [-0.05, 0) is 51.2 Å². The average molecular weight is 413 g/mol. The second-order valence-corrected chi connectivity index (χ2v) is 7.62. The maximum Gasteiger partial charge on any atom is 0.341 e. The second-order valence-electron chi connectivity index (χ2n) is 7.21. The summed E-state index contributed by atoms with van der Waals surface area (Å²) in [6.07, 6.45) is 0.587. The molecule has 152 valence electrons. The van der Waals surface area contributed by atoms with Gasteiger partial charge in [-0.1, -0.05) is 18.2 Å². The molecule has 2 N–H and O–H groups in total. The molecule has 29 heavy (non-hydrogen) atoms. The van der Waals surface area contributed by atoms with E-state index in [2.05, 4.69) is 15.6 Å². The molecule has 0 unspecified atom stereocenters. The smallest absolute Gasteiger partial charge is 0.341 e. The molecule has 0 saturated carbocycles. The Morgan fingerprint density at radius 3 is 2.69 bits per heavy atom. The van der Waals surface area contributed by atoms with Gasteiger partial charge in [0.25, 0.3) is 5.91 Å². The SMILES string of the molecule is CCOC(=O)c1cc2c(nc1NC(=S)NC(=O)c1ccccc1)CC(C)(C)OC2. The Labute approximate surface area is 174 Å². The molecular weight excluding hydrogens is 390 g/mol. The van der Waals surface area contributed by atoms with Crippen LogP contribution < -0.4 is 10.6 Å². The number of anilines is 1. The van der Waals surface area contributed by atoms with Gasteiger partial charge in [0.2, 0.25) is 0 Å². The van der Waals surface area contributed by atoms with Crippen molar-refractivity contribution in [2.24, 2.45) is 0 Å². The minimum absolute atomic E-state index is 0.0446. The summed E-state index contributed by atoms with van der Waals surface area (Å²) in [6, 6.07) is 10.4. The van der Waals surface area contributed by atoms with E-state index in [4.69, 9.17) is 21.7 Å². The molecule has 0 radical (unpaired) electrons. The number of nitrogens with zero attached hydrogens (tertiary/aromatic N) is 1. The molecule has 7 nitrogen and oxygen atoms in total. The Hall–Kier alpha value is -2.84. The zero-order valence-corrected chi connectivity index (χ0v) is 17.4. The Kier molecular flexibility index (Phi) is 6.24. The Balaban J connectivity index is 1.85. The van der Waals surface area contributed by atoms with Crippen molar-refractivity contribution in [2.45, 2.75) is 39.4 Å². The van der Waals surface area contributed by atoms with Crippen LogP contribution in [0.15, 0.2) is 36.4 Å². The fourth-order valence-corrected chi connectivity index (χ4v) is 3.15. The molecule has 0 bridgehead atoms. The van der Waals surface area contributed by atoms with Crippen molar-refractivity contribution >= 4 is 35.0 Å². The Bertz CT molecular complexity index is 944. The first kappa shape index (κ1) is 20.9. The summed E-state index contributed by atoms with van der Waals surface area (Å²) in [4.78, 5) is 29.3. The van der Waals surface area contributed by atoms with Crippen LogP contribution in [0.5, 0.6) is 0 Å². The van der Waals surface area contributed by atoms with Crippen LogP contribution >= 0.6 is 12.2 Å². The van der Waals surface area contributed by atoms with Crippen molar-refractivity contribution in [2.75, 3.05) is 11.9 Å². The first-order valence-electron chi connectivity index (χ1n) is 9.30. The topological polar surface area (TPSA) is 89.5 Å². The third kappa shape index (κ3) is 5.16. The van der Waals surface area contributed by atoms with Crippen molar-refractivity contribution in [3.05, 3.63) is 58.8 Å². The molecule has 2 aromatic rings. The molecule has 1 aliphatic rings. The number of thiocarbonyl (C=S) groups is 1. The molecule has 2 heterocycles. The fraction of sp³-hybridized carbons (Fsp3) is 0.333. The van der Waals surface area contributed by atoms with Gasteiger partial charge in [-0.15, -0.1) is 0 Å². The lowest BCUT2D eigenvalue weighted by molar-refractivity contribution is -0.0412. The van der Waals surface area contributed by atoms with Gasteiger partial charge in [0.15, 0.2) is 5.11 Å². The van der Waals surface area contributed by atoms with Crippen molar-refractivity contribution in [3.8, 4) is 0 Å². The van der Waals surface area contributed by atoms with E-state index in [9.17, 15) is 9.59 Å². The van der Waals surface area contributed by atoms with Gasteiger partial charge in [0.1, 0.15) is 11.4 Å². The maximum absolute atomic E-state index is 12.4. The molecule has 1 aliphatic heterocycles. The number of carbonyl (C=O) groups excluding carboxylic acids is 2. The summed E-state index contributed by atoms with van der Waals surface area (Å²) < 4.78 is 11.0. The van der Waals surface area contributed by atoms with Gasteiger partial charge in [-0.2, -0.15) is 0 Å². The lowest BCUT2D eigenvalue weighted by Crippen LogP contribution is -2.36. The molecule has 0 saturated heterocycles. The number of ether oxygens (including phenoxy) is 2. The van der Waals surface area contributed by atoms with E-state index in [0.717, 1.165) is 11.3 Å². The van der Waals surface area contributed by atoms with Crippen LogP contribution in [0.1, 0.15) is 52.7 Å². The maximum atomic E-state index is 12.4. The third-order valence-corrected chi connectivity index (χ3v) is 4.60. The summed E-state index contributed by atoms with van der Waals surface area (Å²) in [6.45, 7) is 6.28. The summed E-state index contributed by atoms with van der Waals surface area (Å²) >= 11 is 5.26. The molecule has 1 amide bonds. The molecule has 0 fully saturated rings. The van der Waals surface area contributed by atoms with Crippen LogP contribution in [0, 0.1) is 0 Å². The van der Waals surface area contributed by atoms with E-state index in [1.54, 1.807) is 37.3 Å². The van der Waals surface area contributed by atoms with Crippen LogP contribution in [0.3, 0.4) is 0 Å². The highest BCUT2D eigenvalue weighted by Crippen LogP contribution is 2.29. The second kappa shape index (κ2) is 8.67. The van der Waals surface area contributed by atoms with E-state index in [-0.39, 0.29) is 34.6 Å². The minimum atomic E-state index is -0.521. The molecular formula is C21H23N3O4S. The zero-order valence-electron chi connectivity index (χ0n) is 16.6. The van der Waals surface area contributed by atoms with Crippen molar-refractivity contribution in [3.63, 3.8) is 0 Å². The van der Waals surface area contributed by atoms with E-state index in [1.165, 1.54) is 0 Å². The quantitative estimate of drug-likeness (QED) is 0.587. The number of fused-ring (bicyclic) bond motifs is 1. The molecule has 1 aromatic carbocycles. The average Bonchev–Trinajstić information content (AvgIpc) is 2.67. The highest BCUT2D eigenvalue weighted by atomic mass is 32.1. The number of amides is 1. The number of nitrogens with one attached hydrogen (secondary N) is 2. The highest BCUT2D eigenvalue weighted by molar-refractivity contribution is 7.80. The number of carbonyl (C=O) groups is 2. The van der Waals surface area contributed by atoms with Crippen molar-refractivity contribution in [1.82, 2.24) is 10.3 Å². The molecule has 3 rings (SSSR count). The van der Waals surface area contributed by atoms with Crippen LogP contribution in [0.2, 0.25) is 0 Å². The van der Waals surface area contributed by atoms with Gasteiger partial charge in [0, 0.05) is 17.5 Å². The fourth-order valence-electron chi connectivity index (χ4n) is 2.96. The highest BCUT2D eigenvalue weighted by Gasteiger charge is 2.29. The number of hydrogen-bond acceptors (Lipinski definition) is 6. The first-order chi connectivity index (χ1) is 13.8. The van der Waals surface area contributed by atoms with Gasteiger partial charge in [-0.25, -0.2) is 9.78 Å². The predicted octanol–water partition coefficient (Wildman–Crippen LogP) is 3.24. The van der Waals surface area contributed by atoms with E-state index in [0.29, 0.717) is 18.6 Å². The largest absolute Gasteiger partial charge is 0.462 e. The zero-order chi connectivity index (χ0) is 21.0.